The Labute approximate surface area is 144 Å². The summed E-state index contributed by atoms with van der Waals surface area (Å²) in [4.78, 5) is 27.8. The van der Waals surface area contributed by atoms with Crippen LogP contribution in [-0.2, 0) is 10.7 Å². The highest BCUT2D eigenvalue weighted by Crippen LogP contribution is 2.26. The molecule has 7 heteroatoms. The first-order chi connectivity index (χ1) is 11.7. The quantitative estimate of drug-likeness (QED) is 0.842. The molecule has 1 heterocycles. The van der Waals surface area contributed by atoms with E-state index < -0.39 is 23.8 Å². The van der Waals surface area contributed by atoms with Gasteiger partial charge in [0.15, 0.2) is 0 Å². The third-order valence-corrected chi connectivity index (χ3v) is 3.92. The number of hydrogen-bond donors (Lipinski definition) is 2. The summed E-state index contributed by atoms with van der Waals surface area (Å²) < 4.78 is 26.4. The molecule has 2 unspecified atom stereocenters. The first kappa shape index (κ1) is 18.5. The fraction of sp³-hybridized carbons (Fsp3) is 0.278. The van der Waals surface area contributed by atoms with Gasteiger partial charge in [0, 0.05) is 24.6 Å². The van der Waals surface area contributed by atoms with Crippen molar-refractivity contribution in [2.75, 3.05) is 0 Å². The maximum Gasteiger partial charge on any atom is 0.272 e. The van der Waals surface area contributed by atoms with Crippen molar-refractivity contribution in [2.45, 2.75) is 31.7 Å². The minimum Gasteiger partial charge on any atom is -0.368 e. The minimum atomic E-state index is -3.04. The lowest BCUT2D eigenvalue weighted by molar-refractivity contribution is -0.120. The molecule has 0 saturated heterocycles. The highest BCUT2D eigenvalue weighted by Gasteiger charge is 2.28. The lowest BCUT2D eigenvalue weighted by atomic mass is 9.92. The molecule has 2 atom stereocenters. The fourth-order valence-electron chi connectivity index (χ4n) is 2.39. The summed E-state index contributed by atoms with van der Waals surface area (Å²) in [5.41, 5.74) is 5.88. The van der Waals surface area contributed by atoms with Gasteiger partial charge in [-0.05, 0) is 17.7 Å². The second kappa shape index (κ2) is 7.38. The lowest BCUT2D eigenvalue weighted by Gasteiger charge is -2.22. The zero-order valence-electron chi connectivity index (χ0n) is 13.9. The van der Waals surface area contributed by atoms with Crippen LogP contribution in [0.15, 0.2) is 48.7 Å². The van der Waals surface area contributed by atoms with E-state index in [2.05, 4.69) is 10.3 Å². The van der Waals surface area contributed by atoms with Crippen LogP contribution in [0.4, 0.5) is 8.78 Å². The van der Waals surface area contributed by atoms with E-state index in [0.717, 1.165) is 24.8 Å². The van der Waals surface area contributed by atoms with Crippen molar-refractivity contribution < 1.29 is 18.4 Å². The zero-order valence-corrected chi connectivity index (χ0v) is 13.9. The summed E-state index contributed by atoms with van der Waals surface area (Å²) in [5, 5.41) is 2.53. The maximum absolute atomic E-state index is 13.2. The predicted molar refractivity (Wildman–Crippen MR) is 89.1 cm³/mol. The zero-order chi connectivity index (χ0) is 18.6. The monoisotopic (exact) mass is 347 g/mol. The average molecular weight is 347 g/mol. The number of carbonyl (C=O) groups excluding carboxylic acids is 2. The van der Waals surface area contributed by atoms with Gasteiger partial charge < -0.3 is 11.1 Å². The third-order valence-electron chi connectivity index (χ3n) is 3.92. The first-order valence-corrected chi connectivity index (χ1v) is 7.69. The Morgan fingerprint density at radius 1 is 1.16 bits per heavy atom. The Bertz CT molecular complexity index is 743. The minimum absolute atomic E-state index is 0.0699. The molecule has 0 radical (unpaired) electrons. The van der Waals surface area contributed by atoms with E-state index in [1.165, 1.54) is 6.07 Å². The fourth-order valence-corrected chi connectivity index (χ4v) is 2.39. The Morgan fingerprint density at radius 2 is 1.80 bits per heavy atom. The van der Waals surface area contributed by atoms with Crippen LogP contribution < -0.4 is 11.1 Å². The second-order valence-electron chi connectivity index (χ2n) is 5.87. The van der Waals surface area contributed by atoms with E-state index in [4.69, 9.17) is 5.73 Å². The summed E-state index contributed by atoms with van der Waals surface area (Å²) in [6, 6.07) is 10.5. The molecule has 0 aliphatic carbocycles. The van der Waals surface area contributed by atoms with E-state index >= 15 is 0 Å². The van der Waals surface area contributed by atoms with E-state index in [0.29, 0.717) is 0 Å². The maximum atomic E-state index is 13.2. The summed E-state index contributed by atoms with van der Waals surface area (Å²) in [7, 11) is 0. The Morgan fingerprint density at radius 3 is 2.28 bits per heavy atom. The number of primary amides is 1. The van der Waals surface area contributed by atoms with Gasteiger partial charge in [-0.25, -0.2) is 8.78 Å². The number of nitrogens with one attached hydrogen (secondary N) is 1. The van der Waals surface area contributed by atoms with Crippen LogP contribution in [0.5, 0.6) is 0 Å². The van der Waals surface area contributed by atoms with Gasteiger partial charge in [-0.1, -0.05) is 37.3 Å². The number of carbonyl (C=O) groups is 2. The van der Waals surface area contributed by atoms with Gasteiger partial charge in [-0.2, -0.15) is 0 Å². The van der Waals surface area contributed by atoms with Gasteiger partial charge >= 0.3 is 0 Å². The molecule has 5 nitrogen and oxygen atoms in total. The van der Waals surface area contributed by atoms with E-state index in [1.54, 1.807) is 6.92 Å². The topological polar surface area (TPSA) is 85.1 Å². The summed E-state index contributed by atoms with van der Waals surface area (Å²) in [6.07, 6.45) is 0.939. The van der Waals surface area contributed by atoms with Gasteiger partial charge in [0.2, 0.25) is 5.91 Å². The highest BCUT2D eigenvalue weighted by molar-refractivity contribution is 5.96. The molecule has 0 aliphatic rings. The van der Waals surface area contributed by atoms with Gasteiger partial charge in [-0.15, -0.1) is 0 Å². The van der Waals surface area contributed by atoms with Crippen LogP contribution >= 0.6 is 0 Å². The van der Waals surface area contributed by atoms with Gasteiger partial charge in [0.05, 0.1) is 0 Å². The Hall–Kier alpha value is -2.83. The number of nitrogens with two attached hydrogens (primary N) is 1. The molecule has 1 aromatic heterocycles. The molecule has 0 fully saturated rings. The normalized spacial score (nSPS) is 13.8. The van der Waals surface area contributed by atoms with Crippen molar-refractivity contribution in [3.05, 3.63) is 65.5 Å². The number of amides is 2. The third kappa shape index (κ3) is 4.59. The predicted octanol–water partition coefficient (Wildman–Crippen LogP) is 2.58. The Balaban J connectivity index is 2.17. The second-order valence-corrected chi connectivity index (χ2v) is 5.87. The van der Waals surface area contributed by atoms with Gasteiger partial charge in [-0.3, -0.25) is 14.6 Å². The number of halogens is 2. The smallest absolute Gasteiger partial charge is 0.272 e. The van der Waals surface area contributed by atoms with Crippen LogP contribution in [0.1, 0.15) is 41.4 Å². The molecule has 2 rings (SSSR count). The molecule has 0 bridgehead atoms. The molecule has 0 spiro atoms. The van der Waals surface area contributed by atoms with Crippen LogP contribution in [0.25, 0.3) is 0 Å². The molecule has 0 saturated carbocycles. The molecular formula is C18H19F2N3O2. The summed E-state index contributed by atoms with van der Waals surface area (Å²) in [6.45, 7) is 2.51. The molecule has 3 N–H and O–H groups in total. The molecule has 0 aliphatic heterocycles. The van der Waals surface area contributed by atoms with Crippen molar-refractivity contribution in [1.82, 2.24) is 10.3 Å². The largest absolute Gasteiger partial charge is 0.368 e. The van der Waals surface area contributed by atoms with E-state index in [-0.39, 0.29) is 17.2 Å². The molecule has 25 heavy (non-hydrogen) atoms. The number of pyridine rings is 1. The number of benzene rings is 1. The van der Waals surface area contributed by atoms with E-state index in [9.17, 15) is 18.4 Å². The van der Waals surface area contributed by atoms with Crippen LogP contribution in [0.2, 0.25) is 0 Å². The van der Waals surface area contributed by atoms with Gasteiger partial charge in [0.25, 0.3) is 11.8 Å². The first-order valence-electron chi connectivity index (χ1n) is 7.69. The lowest BCUT2D eigenvalue weighted by Crippen LogP contribution is -2.47. The average Bonchev–Trinajstić information content (AvgIpc) is 2.58. The van der Waals surface area contributed by atoms with Crippen molar-refractivity contribution in [3.63, 3.8) is 0 Å². The standard InChI is InChI=1S/C18H19F2N3O2/c1-11(12-6-4-3-5-7-12)15(16(21)24)23-17(25)14-9-8-13(10-22-14)18(2,19)20/h3-11,15H,1-2H3,(H2,21,24)(H,23,25). The number of rotatable bonds is 6. The number of nitrogens with zero attached hydrogens (tertiary/aromatic N) is 1. The Kier molecular flexibility index (Phi) is 5.46. The number of alkyl halides is 2. The summed E-state index contributed by atoms with van der Waals surface area (Å²) >= 11 is 0. The van der Waals surface area contributed by atoms with E-state index in [1.807, 2.05) is 30.3 Å². The molecule has 1 aromatic carbocycles. The molecule has 2 aromatic rings. The SMILES string of the molecule is CC(c1ccccc1)C(NC(=O)c1ccc(C(C)(F)F)cn1)C(N)=O. The number of aromatic nitrogens is 1. The number of hydrogen-bond acceptors (Lipinski definition) is 3. The van der Waals surface area contributed by atoms with Crippen molar-refractivity contribution >= 4 is 11.8 Å². The van der Waals surface area contributed by atoms with Gasteiger partial charge in [0.1, 0.15) is 11.7 Å². The van der Waals surface area contributed by atoms with Crippen LogP contribution in [0.3, 0.4) is 0 Å². The van der Waals surface area contributed by atoms with Crippen LogP contribution in [-0.4, -0.2) is 22.8 Å². The van der Waals surface area contributed by atoms with Crippen LogP contribution in [0, 0.1) is 0 Å². The van der Waals surface area contributed by atoms with Crippen molar-refractivity contribution in [2.24, 2.45) is 5.73 Å². The molecule has 132 valence electrons. The molecular weight excluding hydrogens is 328 g/mol. The van der Waals surface area contributed by atoms with Crippen molar-refractivity contribution in [3.8, 4) is 0 Å². The summed E-state index contributed by atoms with van der Waals surface area (Å²) in [5.74, 6) is -4.75. The molecule has 2 amide bonds. The highest BCUT2D eigenvalue weighted by atomic mass is 19.3. The van der Waals surface area contributed by atoms with Crippen molar-refractivity contribution in [1.29, 1.82) is 0 Å².